The predicted molar refractivity (Wildman–Crippen MR) is 166 cm³/mol. The summed E-state index contributed by atoms with van der Waals surface area (Å²) in [6.45, 7) is 3.66. The number of aryl methyl sites for hydroxylation is 1. The summed E-state index contributed by atoms with van der Waals surface area (Å²) >= 11 is 0. The fourth-order valence-electron chi connectivity index (χ4n) is 6.25. The Hall–Kier alpha value is -4.61. The Morgan fingerprint density at radius 1 is 0.867 bits per heavy atom. The van der Waals surface area contributed by atoms with E-state index in [4.69, 9.17) is 4.18 Å². The van der Waals surface area contributed by atoms with Gasteiger partial charge in [-0.3, -0.25) is 23.4 Å². The molecule has 0 bridgehead atoms. The van der Waals surface area contributed by atoms with Gasteiger partial charge in [-0.2, -0.15) is 8.42 Å². The minimum absolute atomic E-state index is 0.0302. The van der Waals surface area contributed by atoms with Crippen molar-refractivity contribution >= 4 is 39.2 Å². The standard InChI is InChI=1S/C34H33N3O7S/c1-23-6-12-26(13-7-23)45(42,43)44-21-31(39)35-25-10-8-24(9-11-25)33(41)37-19-16-34(22-37)14-17-36(18-15-34)29-20-30(38)27-4-2-3-5-28(27)32(29)40/h2-13,20H,14-19,21-22H2,1H3,(H,35,39). The van der Waals surface area contributed by atoms with Crippen molar-refractivity contribution in [1.29, 1.82) is 0 Å². The third-order valence-electron chi connectivity index (χ3n) is 8.90. The highest BCUT2D eigenvalue weighted by atomic mass is 32.2. The molecule has 232 valence electrons. The van der Waals surface area contributed by atoms with Crippen molar-refractivity contribution in [2.45, 2.75) is 31.1 Å². The molecule has 2 amide bonds. The highest BCUT2D eigenvalue weighted by Gasteiger charge is 2.43. The van der Waals surface area contributed by atoms with Crippen LogP contribution in [0.1, 0.15) is 55.9 Å². The number of rotatable bonds is 7. The molecule has 0 aromatic heterocycles. The van der Waals surface area contributed by atoms with Crippen LogP contribution in [0.5, 0.6) is 0 Å². The molecular weight excluding hydrogens is 594 g/mol. The molecule has 0 atom stereocenters. The van der Waals surface area contributed by atoms with Crippen LogP contribution < -0.4 is 5.32 Å². The number of nitrogens with zero attached hydrogens (tertiary/aromatic N) is 2. The average Bonchev–Trinajstić information content (AvgIpc) is 3.46. The monoisotopic (exact) mass is 627 g/mol. The van der Waals surface area contributed by atoms with Crippen LogP contribution in [0, 0.1) is 12.3 Å². The van der Waals surface area contributed by atoms with Gasteiger partial charge in [0.15, 0.2) is 5.78 Å². The number of allylic oxidation sites excluding steroid dienone is 2. The van der Waals surface area contributed by atoms with Crippen LogP contribution in [0.15, 0.2) is 89.5 Å². The summed E-state index contributed by atoms with van der Waals surface area (Å²) in [4.78, 5) is 55.2. The molecule has 1 N–H and O–H groups in total. The third-order valence-corrected chi connectivity index (χ3v) is 10.2. The normalized spacial score (nSPS) is 17.7. The molecule has 0 unspecified atom stereocenters. The van der Waals surface area contributed by atoms with Gasteiger partial charge in [0.2, 0.25) is 5.78 Å². The molecule has 1 spiro atoms. The third kappa shape index (κ3) is 6.31. The molecule has 2 saturated heterocycles. The molecule has 3 aromatic carbocycles. The van der Waals surface area contributed by atoms with E-state index >= 15 is 0 Å². The highest BCUT2D eigenvalue weighted by Crippen LogP contribution is 2.42. The number of likely N-dealkylation sites (tertiary alicyclic amines) is 2. The Morgan fingerprint density at radius 3 is 2.20 bits per heavy atom. The maximum Gasteiger partial charge on any atom is 0.297 e. The number of nitrogens with one attached hydrogen (secondary N) is 1. The SMILES string of the molecule is Cc1ccc(S(=O)(=O)OCC(=O)Nc2ccc(C(=O)N3CCC4(CCN(C5=CC(=O)c6ccccc6C5=O)CC4)C3)cc2)cc1. The molecule has 11 heteroatoms. The Balaban J connectivity index is 1.00. The Bertz CT molecular complexity index is 1810. The lowest BCUT2D eigenvalue weighted by atomic mass is 9.77. The lowest BCUT2D eigenvalue weighted by Crippen LogP contribution is -2.43. The van der Waals surface area contributed by atoms with Gasteiger partial charge >= 0.3 is 0 Å². The topological polar surface area (TPSA) is 130 Å². The van der Waals surface area contributed by atoms with E-state index < -0.39 is 22.6 Å². The quantitative estimate of drug-likeness (QED) is 0.386. The number of fused-ring (bicyclic) bond motifs is 1. The van der Waals surface area contributed by atoms with Gasteiger partial charge in [0.05, 0.1) is 10.6 Å². The second kappa shape index (κ2) is 12.1. The first-order valence-electron chi connectivity index (χ1n) is 14.8. The number of piperidine rings is 1. The first-order valence-corrected chi connectivity index (χ1v) is 16.2. The Kier molecular flexibility index (Phi) is 8.15. The number of carbonyl (C=O) groups excluding carboxylic acids is 4. The van der Waals surface area contributed by atoms with Crippen LogP contribution in [0.2, 0.25) is 0 Å². The number of anilines is 1. The number of amides is 2. The lowest BCUT2D eigenvalue weighted by molar-refractivity contribution is -0.118. The molecule has 2 aliphatic heterocycles. The molecule has 10 nitrogen and oxygen atoms in total. The number of benzene rings is 3. The molecule has 0 radical (unpaired) electrons. The van der Waals surface area contributed by atoms with Gasteiger partial charge in [-0.05, 0) is 68.0 Å². The smallest absolute Gasteiger partial charge is 0.297 e. The van der Waals surface area contributed by atoms with Crippen LogP contribution in [0.4, 0.5) is 5.69 Å². The number of hydrogen-bond donors (Lipinski definition) is 1. The summed E-state index contributed by atoms with van der Waals surface area (Å²) in [6, 6.07) is 19.5. The summed E-state index contributed by atoms with van der Waals surface area (Å²) in [5, 5.41) is 2.59. The fraction of sp³-hybridized carbons (Fsp3) is 0.294. The summed E-state index contributed by atoms with van der Waals surface area (Å²) in [5.74, 6) is -1.02. The summed E-state index contributed by atoms with van der Waals surface area (Å²) < 4.78 is 29.6. The van der Waals surface area contributed by atoms with Gasteiger partial charge in [0.25, 0.3) is 21.9 Å². The minimum Gasteiger partial charge on any atom is -0.368 e. The van der Waals surface area contributed by atoms with Crippen LogP contribution in [-0.4, -0.2) is 74.4 Å². The van der Waals surface area contributed by atoms with Crippen LogP contribution in [-0.2, 0) is 19.1 Å². The molecule has 2 fully saturated rings. The van der Waals surface area contributed by atoms with Crippen molar-refractivity contribution in [1.82, 2.24) is 9.80 Å². The van der Waals surface area contributed by atoms with Gasteiger partial charge < -0.3 is 15.1 Å². The number of carbonyl (C=O) groups is 4. The zero-order chi connectivity index (χ0) is 31.8. The van der Waals surface area contributed by atoms with Crippen molar-refractivity contribution in [3.63, 3.8) is 0 Å². The van der Waals surface area contributed by atoms with Crippen LogP contribution in [0.3, 0.4) is 0 Å². The van der Waals surface area contributed by atoms with Gasteiger partial charge in [-0.25, -0.2) is 0 Å². The molecule has 45 heavy (non-hydrogen) atoms. The second-order valence-corrected chi connectivity index (χ2v) is 13.5. The number of Topliss-reactive ketones (excluding diaryl/α,β-unsaturated/α-hetero) is 1. The van der Waals surface area contributed by atoms with Gasteiger partial charge in [0.1, 0.15) is 6.61 Å². The largest absolute Gasteiger partial charge is 0.368 e. The van der Waals surface area contributed by atoms with Crippen molar-refractivity contribution in [3.05, 3.63) is 107 Å². The van der Waals surface area contributed by atoms with Crippen molar-refractivity contribution in [2.75, 3.05) is 38.1 Å². The second-order valence-electron chi connectivity index (χ2n) is 11.9. The van der Waals surface area contributed by atoms with E-state index in [1.807, 2.05) is 16.7 Å². The van der Waals surface area contributed by atoms with Crippen LogP contribution in [0.25, 0.3) is 0 Å². The number of ketones is 2. The zero-order valence-corrected chi connectivity index (χ0v) is 25.6. The fourth-order valence-corrected chi connectivity index (χ4v) is 7.12. The van der Waals surface area contributed by atoms with E-state index in [0.717, 1.165) is 24.8 Å². The minimum atomic E-state index is -4.07. The molecule has 0 saturated carbocycles. The Labute approximate surface area is 261 Å². The zero-order valence-electron chi connectivity index (χ0n) is 24.8. The molecule has 6 rings (SSSR count). The Morgan fingerprint density at radius 2 is 1.51 bits per heavy atom. The first kappa shape index (κ1) is 30.4. The molecule has 2 heterocycles. The van der Waals surface area contributed by atoms with E-state index in [1.54, 1.807) is 60.7 Å². The maximum atomic E-state index is 13.3. The van der Waals surface area contributed by atoms with E-state index in [-0.39, 0.29) is 27.8 Å². The van der Waals surface area contributed by atoms with Gasteiger partial charge in [0, 0.05) is 54.6 Å². The van der Waals surface area contributed by atoms with Crippen molar-refractivity contribution < 1.29 is 31.8 Å². The maximum absolute atomic E-state index is 13.3. The highest BCUT2D eigenvalue weighted by molar-refractivity contribution is 7.86. The van der Waals surface area contributed by atoms with E-state index in [2.05, 4.69) is 5.32 Å². The van der Waals surface area contributed by atoms with Crippen molar-refractivity contribution in [3.8, 4) is 0 Å². The first-order chi connectivity index (χ1) is 21.5. The summed E-state index contributed by atoms with van der Waals surface area (Å²) in [6.07, 6.45) is 3.94. The summed E-state index contributed by atoms with van der Waals surface area (Å²) in [5.41, 5.74) is 3.09. The number of hydrogen-bond acceptors (Lipinski definition) is 8. The van der Waals surface area contributed by atoms with Gasteiger partial charge in [-0.15, -0.1) is 0 Å². The van der Waals surface area contributed by atoms with E-state index in [0.29, 0.717) is 54.3 Å². The summed E-state index contributed by atoms with van der Waals surface area (Å²) in [7, 11) is -4.07. The van der Waals surface area contributed by atoms with E-state index in [9.17, 15) is 27.6 Å². The van der Waals surface area contributed by atoms with Gasteiger partial charge in [-0.1, -0.05) is 42.0 Å². The lowest BCUT2D eigenvalue weighted by Gasteiger charge is -2.41. The molecular formula is C34H33N3O7S. The molecule has 3 aromatic rings. The molecule has 1 aliphatic carbocycles. The van der Waals surface area contributed by atoms with Crippen LogP contribution >= 0.6 is 0 Å². The predicted octanol–water partition coefficient (Wildman–Crippen LogP) is 4.23. The van der Waals surface area contributed by atoms with E-state index in [1.165, 1.54) is 18.2 Å². The average molecular weight is 628 g/mol. The molecule has 3 aliphatic rings. The van der Waals surface area contributed by atoms with Crippen molar-refractivity contribution in [2.24, 2.45) is 5.41 Å².